The predicted octanol–water partition coefficient (Wildman–Crippen LogP) is 3.92. The maximum atomic E-state index is 11.0. The van der Waals surface area contributed by atoms with Gasteiger partial charge in [-0.05, 0) is 19.1 Å². The molecule has 0 aliphatic heterocycles. The number of nitrogens with zero attached hydrogens (tertiary/aromatic N) is 3. The van der Waals surface area contributed by atoms with Crippen molar-refractivity contribution in [2.45, 2.75) is 6.92 Å². The fourth-order valence-corrected chi connectivity index (χ4v) is 1.74. The Morgan fingerprint density at radius 2 is 2.14 bits per heavy atom. The number of aromatic nitrogens is 2. The molecule has 1 aromatic heterocycles. The monoisotopic (exact) mass is 328 g/mol. The Kier molecular flexibility index (Phi) is 4.77. The van der Waals surface area contributed by atoms with Crippen molar-refractivity contribution in [3.05, 3.63) is 44.6 Å². The molecule has 21 heavy (non-hydrogen) atoms. The van der Waals surface area contributed by atoms with Crippen LogP contribution >= 0.6 is 23.2 Å². The number of nitro groups is 1. The van der Waals surface area contributed by atoms with Crippen LogP contribution in [0.1, 0.15) is 6.92 Å². The van der Waals surface area contributed by atoms with Gasteiger partial charge >= 0.3 is 11.6 Å². The number of benzene rings is 1. The maximum absolute atomic E-state index is 11.0. The van der Waals surface area contributed by atoms with E-state index in [0.717, 1.165) is 6.20 Å². The second-order valence-corrected chi connectivity index (χ2v) is 4.66. The lowest BCUT2D eigenvalue weighted by Gasteiger charge is -2.08. The maximum Gasteiger partial charge on any atom is 0.349 e. The van der Waals surface area contributed by atoms with Gasteiger partial charge in [-0.15, -0.1) is 0 Å². The zero-order chi connectivity index (χ0) is 15.4. The molecule has 2 aromatic rings. The molecule has 0 unspecified atom stereocenters. The Morgan fingerprint density at radius 1 is 1.38 bits per heavy atom. The van der Waals surface area contributed by atoms with Crippen LogP contribution in [0.5, 0.6) is 11.6 Å². The molecule has 0 spiro atoms. The van der Waals surface area contributed by atoms with Crippen LogP contribution in [0.25, 0.3) is 0 Å². The summed E-state index contributed by atoms with van der Waals surface area (Å²) < 4.78 is 5.42. The topological polar surface area (TPSA) is 90.2 Å². The van der Waals surface area contributed by atoms with Crippen molar-refractivity contribution in [3.8, 4) is 11.6 Å². The van der Waals surface area contributed by atoms with Crippen LogP contribution in [0, 0.1) is 10.1 Å². The predicted molar refractivity (Wildman–Crippen MR) is 79.4 cm³/mol. The largest absolute Gasteiger partial charge is 0.434 e. The molecule has 0 radical (unpaired) electrons. The van der Waals surface area contributed by atoms with Gasteiger partial charge in [0.25, 0.3) is 0 Å². The first-order valence-electron chi connectivity index (χ1n) is 5.89. The molecule has 0 bridgehead atoms. The van der Waals surface area contributed by atoms with Gasteiger partial charge in [0, 0.05) is 12.6 Å². The smallest absolute Gasteiger partial charge is 0.349 e. The second kappa shape index (κ2) is 6.55. The molecule has 9 heteroatoms. The van der Waals surface area contributed by atoms with Crippen LogP contribution in [0.3, 0.4) is 0 Å². The van der Waals surface area contributed by atoms with E-state index in [1.165, 1.54) is 18.2 Å². The van der Waals surface area contributed by atoms with Crippen LogP contribution in [-0.2, 0) is 0 Å². The molecule has 2 rings (SSSR count). The van der Waals surface area contributed by atoms with Crippen molar-refractivity contribution in [1.82, 2.24) is 9.97 Å². The summed E-state index contributed by atoms with van der Waals surface area (Å²) in [6.45, 7) is 2.42. The summed E-state index contributed by atoms with van der Waals surface area (Å²) in [6, 6.07) is 4.51. The van der Waals surface area contributed by atoms with Crippen molar-refractivity contribution < 1.29 is 9.66 Å². The second-order valence-electron chi connectivity index (χ2n) is 3.85. The van der Waals surface area contributed by atoms with E-state index in [2.05, 4.69) is 15.3 Å². The lowest BCUT2D eigenvalue weighted by molar-refractivity contribution is -0.386. The third kappa shape index (κ3) is 3.71. The summed E-state index contributed by atoms with van der Waals surface area (Å²) >= 11 is 11.7. The summed E-state index contributed by atoms with van der Waals surface area (Å²) in [5, 5.41) is 14.5. The van der Waals surface area contributed by atoms with Crippen LogP contribution in [0.15, 0.2) is 24.4 Å². The van der Waals surface area contributed by atoms with Crippen LogP contribution in [0.2, 0.25) is 10.0 Å². The van der Waals surface area contributed by atoms with Gasteiger partial charge in [0.05, 0.1) is 15.0 Å². The van der Waals surface area contributed by atoms with Gasteiger partial charge < -0.3 is 10.1 Å². The molecule has 1 N–H and O–H groups in total. The summed E-state index contributed by atoms with van der Waals surface area (Å²) in [7, 11) is 0. The summed E-state index contributed by atoms with van der Waals surface area (Å²) in [4.78, 5) is 18.2. The lowest BCUT2D eigenvalue weighted by atomic mass is 10.3. The fraction of sp³-hybridized carbons (Fsp3) is 0.167. The Morgan fingerprint density at radius 3 is 2.76 bits per heavy atom. The molecule has 0 fully saturated rings. The van der Waals surface area contributed by atoms with Crippen molar-refractivity contribution >= 4 is 34.8 Å². The SMILES string of the molecule is CCNc1ncc([N+](=O)[O-])c(Oc2ccc(Cl)c(Cl)c2)n1. The van der Waals surface area contributed by atoms with Gasteiger partial charge in [-0.1, -0.05) is 23.2 Å². The molecular weight excluding hydrogens is 319 g/mol. The standard InChI is InChI=1S/C12H10Cl2N4O3/c1-2-15-12-16-6-10(18(19)20)11(17-12)21-7-3-4-8(13)9(14)5-7/h3-6H,2H2,1H3,(H,15,16,17). The number of rotatable bonds is 5. The molecule has 1 aromatic carbocycles. The molecule has 1 heterocycles. The third-order valence-corrected chi connectivity index (χ3v) is 3.11. The summed E-state index contributed by atoms with van der Waals surface area (Å²) in [6.07, 6.45) is 1.08. The molecule has 110 valence electrons. The highest BCUT2D eigenvalue weighted by Gasteiger charge is 2.20. The van der Waals surface area contributed by atoms with Crippen molar-refractivity contribution in [1.29, 1.82) is 0 Å². The first kappa shape index (κ1) is 15.3. The fourth-order valence-electron chi connectivity index (χ4n) is 1.46. The Labute approximate surface area is 130 Å². The average molecular weight is 329 g/mol. The van der Waals surface area contributed by atoms with Gasteiger partial charge in [-0.25, -0.2) is 4.98 Å². The lowest BCUT2D eigenvalue weighted by Crippen LogP contribution is -2.05. The van der Waals surface area contributed by atoms with Gasteiger partial charge in [0.15, 0.2) is 0 Å². The van der Waals surface area contributed by atoms with Gasteiger partial charge in [-0.3, -0.25) is 10.1 Å². The van der Waals surface area contributed by atoms with Crippen molar-refractivity contribution in [2.24, 2.45) is 0 Å². The van der Waals surface area contributed by atoms with Crippen LogP contribution in [0.4, 0.5) is 11.6 Å². The van der Waals surface area contributed by atoms with Gasteiger partial charge in [0.1, 0.15) is 11.9 Å². The zero-order valence-electron chi connectivity index (χ0n) is 10.8. The summed E-state index contributed by atoms with van der Waals surface area (Å²) in [5.41, 5.74) is -0.345. The van der Waals surface area contributed by atoms with E-state index in [1.807, 2.05) is 6.92 Å². The van der Waals surface area contributed by atoms with Crippen LogP contribution in [-0.4, -0.2) is 21.4 Å². The highest BCUT2D eigenvalue weighted by atomic mass is 35.5. The number of nitrogens with one attached hydrogen (secondary N) is 1. The minimum atomic E-state index is -0.622. The first-order valence-corrected chi connectivity index (χ1v) is 6.65. The van der Waals surface area contributed by atoms with Gasteiger partial charge in [0.2, 0.25) is 5.95 Å². The normalized spacial score (nSPS) is 10.2. The number of anilines is 1. The molecule has 0 aliphatic rings. The Bertz CT molecular complexity index is 682. The Hall–Kier alpha value is -2.12. The molecular formula is C12H10Cl2N4O3. The molecule has 0 amide bonds. The zero-order valence-corrected chi connectivity index (χ0v) is 12.4. The first-order chi connectivity index (χ1) is 10.0. The summed E-state index contributed by atoms with van der Waals surface area (Å²) in [5.74, 6) is 0.344. The van der Waals surface area contributed by atoms with E-state index in [0.29, 0.717) is 11.6 Å². The van der Waals surface area contributed by atoms with E-state index in [4.69, 9.17) is 27.9 Å². The number of hydrogen-bond acceptors (Lipinski definition) is 6. The quantitative estimate of drug-likeness (QED) is 0.660. The van der Waals surface area contributed by atoms with Crippen molar-refractivity contribution in [3.63, 3.8) is 0 Å². The van der Waals surface area contributed by atoms with E-state index in [9.17, 15) is 10.1 Å². The van der Waals surface area contributed by atoms with E-state index < -0.39 is 4.92 Å². The van der Waals surface area contributed by atoms with Gasteiger partial charge in [-0.2, -0.15) is 4.98 Å². The van der Waals surface area contributed by atoms with Crippen LogP contribution < -0.4 is 10.1 Å². The number of halogens is 2. The Balaban J connectivity index is 2.37. The average Bonchev–Trinajstić information content (AvgIpc) is 2.43. The molecule has 0 saturated heterocycles. The van der Waals surface area contributed by atoms with E-state index >= 15 is 0 Å². The van der Waals surface area contributed by atoms with E-state index in [1.54, 1.807) is 0 Å². The minimum Gasteiger partial charge on any atom is -0.434 e. The highest BCUT2D eigenvalue weighted by molar-refractivity contribution is 6.42. The molecule has 0 aliphatic carbocycles. The molecule has 0 saturated carbocycles. The van der Waals surface area contributed by atoms with E-state index in [-0.39, 0.29) is 28.3 Å². The third-order valence-electron chi connectivity index (χ3n) is 2.37. The van der Waals surface area contributed by atoms with Crippen molar-refractivity contribution in [2.75, 3.05) is 11.9 Å². The number of ether oxygens (including phenoxy) is 1. The highest BCUT2D eigenvalue weighted by Crippen LogP contribution is 2.32. The molecule has 7 nitrogen and oxygen atoms in total. The number of hydrogen-bond donors (Lipinski definition) is 1. The molecule has 0 atom stereocenters. The minimum absolute atomic E-state index is 0.177.